The summed E-state index contributed by atoms with van der Waals surface area (Å²) in [5.74, 6) is 1.37. The van der Waals surface area contributed by atoms with Crippen molar-refractivity contribution in [1.29, 1.82) is 0 Å². The van der Waals surface area contributed by atoms with Gasteiger partial charge in [-0.25, -0.2) is 0 Å². The van der Waals surface area contributed by atoms with Gasteiger partial charge in [0, 0.05) is 17.5 Å². The van der Waals surface area contributed by atoms with Crippen LogP contribution in [-0.2, 0) is 17.2 Å². The number of aliphatic hydroxyl groups is 1. The summed E-state index contributed by atoms with van der Waals surface area (Å²) in [5, 5.41) is 9.04. The molecular formula is C19H23NO2S. The van der Waals surface area contributed by atoms with Crippen LogP contribution in [0.5, 0.6) is 0 Å². The van der Waals surface area contributed by atoms with Gasteiger partial charge in [0.25, 0.3) is 0 Å². The number of amides is 1. The number of rotatable bonds is 7. The van der Waals surface area contributed by atoms with Gasteiger partial charge in [0.05, 0.1) is 12.4 Å². The molecule has 0 radical (unpaired) electrons. The standard InChI is InChI=1S/C19H23NO2S/c1-15(2)20(18-6-4-3-5-7-18)19(22)14-23-13-17-10-8-16(12-21)9-11-17/h3-11,15,21H,12-14H2,1-2H3. The van der Waals surface area contributed by atoms with Gasteiger partial charge in [0.1, 0.15) is 0 Å². The summed E-state index contributed by atoms with van der Waals surface area (Å²) < 4.78 is 0. The summed E-state index contributed by atoms with van der Waals surface area (Å²) in [5.41, 5.74) is 3.01. The molecule has 3 nitrogen and oxygen atoms in total. The normalized spacial score (nSPS) is 10.8. The van der Waals surface area contributed by atoms with Crippen molar-refractivity contribution in [2.45, 2.75) is 32.2 Å². The van der Waals surface area contributed by atoms with E-state index in [9.17, 15) is 4.79 Å². The second-order valence-corrected chi connectivity index (χ2v) is 6.65. The molecule has 0 aliphatic rings. The zero-order valence-corrected chi connectivity index (χ0v) is 14.4. The number of carbonyl (C=O) groups is 1. The molecule has 122 valence electrons. The number of carbonyl (C=O) groups excluding carboxylic acids is 1. The molecule has 1 amide bonds. The first-order valence-corrected chi connectivity index (χ1v) is 8.91. The van der Waals surface area contributed by atoms with E-state index in [4.69, 9.17) is 5.11 Å². The Morgan fingerprint density at radius 2 is 1.65 bits per heavy atom. The molecule has 0 spiro atoms. The van der Waals surface area contributed by atoms with Gasteiger partial charge < -0.3 is 10.0 Å². The van der Waals surface area contributed by atoms with E-state index in [-0.39, 0.29) is 18.6 Å². The predicted molar refractivity (Wildman–Crippen MR) is 97.6 cm³/mol. The lowest BCUT2D eigenvalue weighted by Gasteiger charge is -2.26. The van der Waals surface area contributed by atoms with Crippen molar-refractivity contribution in [3.8, 4) is 0 Å². The van der Waals surface area contributed by atoms with Crippen LogP contribution in [0.4, 0.5) is 5.69 Å². The lowest BCUT2D eigenvalue weighted by atomic mass is 10.2. The molecule has 0 saturated heterocycles. The zero-order valence-electron chi connectivity index (χ0n) is 13.6. The second kappa shape index (κ2) is 8.75. The molecule has 0 atom stereocenters. The highest BCUT2D eigenvalue weighted by molar-refractivity contribution is 7.99. The third kappa shape index (κ3) is 5.12. The first-order chi connectivity index (χ1) is 11.1. The third-order valence-corrected chi connectivity index (χ3v) is 4.51. The van der Waals surface area contributed by atoms with Crippen LogP contribution in [0.3, 0.4) is 0 Å². The zero-order chi connectivity index (χ0) is 16.7. The Hall–Kier alpha value is -1.78. The van der Waals surface area contributed by atoms with E-state index in [2.05, 4.69) is 0 Å². The number of thioether (sulfide) groups is 1. The maximum absolute atomic E-state index is 12.5. The van der Waals surface area contributed by atoms with Crippen LogP contribution in [0.1, 0.15) is 25.0 Å². The minimum atomic E-state index is 0.0618. The number of benzene rings is 2. The topological polar surface area (TPSA) is 40.5 Å². The maximum atomic E-state index is 12.5. The number of nitrogens with zero attached hydrogens (tertiary/aromatic N) is 1. The van der Waals surface area contributed by atoms with Crippen molar-refractivity contribution in [3.63, 3.8) is 0 Å². The maximum Gasteiger partial charge on any atom is 0.237 e. The average Bonchev–Trinajstić information content (AvgIpc) is 2.56. The molecule has 2 rings (SSSR count). The number of hydrogen-bond donors (Lipinski definition) is 1. The van der Waals surface area contributed by atoms with Crippen LogP contribution in [0.25, 0.3) is 0 Å². The summed E-state index contributed by atoms with van der Waals surface area (Å²) in [7, 11) is 0. The highest BCUT2D eigenvalue weighted by Crippen LogP contribution is 2.20. The number of para-hydroxylation sites is 1. The average molecular weight is 329 g/mol. The molecule has 0 aromatic heterocycles. The van der Waals surface area contributed by atoms with E-state index < -0.39 is 0 Å². The fourth-order valence-corrected chi connectivity index (χ4v) is 3.23. The SMILES string of the molecule is CC(C)N(C(=O)CSCc1ccc(CO)cc1)c1ccccc1. The van der Waals surface area contributed by atoms with Crippen molar-refractivity contribution >= 4 is 23.4 Å². The van der Waals surface area contributed by atoms with Crippen molar-refractivity contribution in [2.75, 3.05) is 10.7 Å². The molecule has 0 bridgehead atoms. The van der Waals surface area contributed by atoms with Crippen molar-refractivity contribution < 1.29 is 9.90 Å². The van der Waals surface area contributed by atoms with E-state index in [1.165, 1.54) is 0 Å². The lowest BCUT2D eigenvalue weighted by molar-refractivity contribution is -0.116. The van der Waals surface area contributed by atoms with Gasteiger partial charge in [-0.3, -0.25) is 4.79 Å². The van der Waals surface area contributed by atoms with Crippen LogP contribution < -0.4 is 4.90 Å². The molecule has 0 heterocycles. The molecule has 0 saturated carbocycles. The summed E-state index contributed by atoms with van der Waals surface area (Å²) >= 11 is 1.61. The number of anilines is 1. The van der Waals surface area contributed by atoms with Gasteiger partial charge in [-0.05, 0) is 37.1 Å². The highest BCUT2D eigenvalue weighted by atomic mass is 32.2. The third-order valence-electron chi connectivity index (χ3n) is 3.52. The second-order valence-electron chi connectivity index (χ2n) is 5.66. The quantitative estimate of drug-likeness (QED) is 0.839. The Balaban J connectivity index is 1.91. The van der Waals surface area contributed by atoms with Gasteiger partial charge in [-0.15, -0.1) is 11.8 Å². The van der Waals surface area contributed by atoms with E-state index >= 15 is 0 Å². The monoisotopic (exact) mass is 329 g/mol. The molecule has 4 heteroatoms. The Kier molecular flexibility index (Phi) is 6.68. The van der Waals surface area contributed by atoms with Gasteiger partial charge in [-0.2, -0.15) is 0 Å². The summed E-state index contributed by atoms with van der Waals surface area (Å²) in [6, 6.07) is 17.8. The lowest BCUT2D eigenvalue weighted by Crippen LogP contribution is -2.38. The Morgan fingerprint density at radius 1 is 1.04 bits per heavy atom. The molecular weight excluding hydrogens is 306 g/mol. The molecule has 1 N–H and O–H groups in total. The van der Waals surface area contributed by atoms with Crippen LogP contribution in [-0.4, -0.2) is 22.8 Å². The van der Waals surface area contributed by atoms with E-state index in [1.54, 1.807) is 11.8 Å². The molecule has 0 aliphatic heterocycles. The Labute approximate surface area is 142 Å². The fraction of sp³-hybridized carbons (Fsp3) is 0.316. The van der Waals surface area contributed by atoms with Gasteiger partial charge in [0.15, 0.2) is 0 Å². The minimum absolute atomic E-state index is 0.0618. The highest BCUT2D eigenvalue weighted by Gasteiger charge is 2.18. The molecule has 2 aromatic rings. The fourth-order valence-electron chi connectivity index (χ4n) is 2.39. The minimum Gasteiger partial charge on any atom is -0.392 e. The first kappa shape index (κ1) is 17.6. The smallest absolute Gasteiger partial charge is 0.237 e. The van der Waals surface area contributed by atoms with Crippen LogP contribution in [0.2, 0.25) is 0 Å². The van der Waals surface area contributed by atoms with Gasteiger partial charge >= 0.3 is 0 Å². The van der Waals surface area contributed by atoms with Crippen LogP contribution >= 0.6 is 11.8 Å². The van der Waals surface area contributed by atoms with E-state index in [0.717, 1.165) is 22.6 Å². The van der Waals surface area contributed by atoms with E-state index in [1.807, 2.05) is 73.3 Å². The van der Waals surface area contributed by atoms with Crippen LogP contribution in [0.15, 0.2) is 54.6 Å². The first-order valence-electron chi connectivity index (χ1n) is 7.75. The summed E-state index contributed by atoms with van der Waals surface area (Å²) in [6.45, 7) is 4.12. The molecule has 0 fully saturated rings. The van der Waals surface area contributed by atoms with Crippen molar-refractivity contribution in [2.24, 2.45) is 0 Å². The van der Waals surface area contributed by atoms with Crippen LogP contribution in [0, 0.1) is 0 Å². The number of hydrogen-bond acceptors (Lipinski definition) is 3. The molecule has 0 unspecified atom stereocenters. The summed E-state index contributed by atoms with van der Waals surface area (Å²) in [4.78, 5) is 14.4. The molecule has 23 heavy (non-hydrogen) atoms. The Morgan fingerprint density at radius 3 is 2.22 bits per heavy atom. The van der Waals surface area contributed by atoms with E-state index in [0.29, 0.717) is 5.75 Å². The molecule has 0 aliphatic carbocycles. The molecule has 2 aromatic carbocycles. The van der Waals surface area contributed by atoms with Crippen molar-refractivity contribution in [1.82, 2.24) is 0 Å². The largest absolute Gasteiger partial charge is 0.392 e. The summed E-state index contributed by atoms with van der Waals surface area (Å²) in [6.07, 6.45) is 0. The predicted octanol–water partition coefficient (Wildman–Crippen LogP) is 3.85. The van der Waals surface area contributed by atoms with Crippen molar-refractivity contribution in [3.05, 3.63) is 65.7 Å². The van der Waals surface area contributed by atoms with Gasteiger partial charge in [0.2, 0.25) is 5.91 Å². The number of aliphatic hydroxyl groups excluding tert-OH is 1. The Bertz CT molecular complexity index is 611. The van der Waals surface area contributed by atoms with Gasteiger partial charge in [-0.1, -0.05) is 42.5 Å².